The molecule has 1 aromatic carbocycles. The molecule has 0 radical (unpaired) electrons. The van der Waals surface area contributed by atoms with Crippen molar-refractivity contribution in [3.8, 4) is 0 Å². The molecule has 35 heavy (non-hydrogen) atoms. The van der Waals surface area contributed by atoms with E-state index >= 15 is 0 Å². The van der Waals surface area contributed by atoms with Crippen molar-refractivity contribution >= 4 is 68.5 Å². The Bertz CT molecular complexity index is 1270. The number of pyridine rings is 1. The number of nitrogens with zero attached hydrogens (tertiary/aromatic N) is 2. The molecule has 0 aliphatic carbocycles. The first kappa shape index (κ1) is 25.2. The molecule has 2 aromatic heterocycles. The van der Waals surface area contributed by atoms with E-state index in [2.05, 4.69) is 10.3 Å². The molecule has 4 rings (SSSR count). The van der Waals surface area contributed by atoms with Crippen molar-refractivity contribution in [2.75, 3.05) is 13.1 Å². The summed E-state index contributed by atoms with van der Waals surface area (Å²) in [6.45, 7) is 0.950. The third-order valence-electron chi connectivity index (χ3n) is 5.99. The summed E-state index contributed by atoms with van der Waals surface area (Å²) in [5.74, 6) is -2.37. The van der Waals surface area contributed by atoms with E-state index in [1.807, 2.05) is 17.5 Å². The number of hydrogen-bond donors (Lipinski definition) is 2. The molecule has 1 saturated heterocycles. The summed E-state index contributed by atoms with van der Waals surface area (Å²) < 4.78 is 0.915. The van der Waals surface area contributed by atoms with Crippen LogP contribution in [0.5, 0.6) is 0 Å². The highest BCUT2D eigenvalue weighted by atomic mass is 35.5. The number of hydrogen-bond acceptors (Lipinski definition) is 5. The fourth-order valence-electron chi connectivity index (χ4n) is 4.12. The van der Waals surface area contributed by atoms with Crippen LogP contribution in [0, 0.1) is 0 Å². The lowest BCUT2D eigenvalue weighted by molar-refractivity contribution is -0.140. The van der Waals surface area contributed by atoms with Crippen molar-refractivity contribution < 1.29 is 19.5 Å². The van der Waals surface area contributed by atoms with Gasteiger partial charge in [0.05, 0.1) is 27.1 Å². The number of rotatable bonds is 7. The fraction of sp³-hybridized carbons (Fsp3) is 0.280. The van der Waals surface area contributed by atoms with Crippen molar-refractivity contribution in [2.24, 2.45) is 0 Å². The third-order valence-corrected chi connectivity index (χ3v) is 7.93. The highest BCUT2D eigenvalue weighted by Gasteiger charge is 2.28. The van der Waals surface area contributed by atoms with E-state index in [4.69, 9.17) is 23.2 Å². The first-order valence-electron chi connectivity index (χ1n) is 11.1. The predicted molar refractivity (Wildman–Crippen MR) is 138 cm³/mol. The number of fused-ring (bicyclic) bond motifs is 1. The number of aliphatic carboxylic acids is 1. The van der Waals surface area contributed by atoms with Crippen LogP contribution in [0.4, 0.5) is 0 Å². The lowest BCUT2D eigenvalue weighted by atomic mass is 9.95. The Morgan fingerprint density at radius 1 is 1.23 bits per heavy atom. The number of thiophene rings is 1. The van der Waals surface area contributed by atoms with Gasteiger partial charge in [0.2, 0.25) is 11.8 Å². The van der Waals surface area contributed by atoms with Gasteiger partial charge in [-0.05, 0) is 59.0 Å². The number of amides is 2. The number of halogens is 2. The zero-order valence-corrected chi connectivity index (χ0v) is 20.9. The molecule has 7 nitrogen and oxygen atoms in total. The molecule has 0 spiro atoms. The minimum Gasteiger partial charge on any atom is -0.481 e. The van der Waals surface area contributed by atoms with Crippen LogP contribution in [-0.4, -0.2) is 51.9 Å². The van der Waals surface area contributed by atoms with Gasteiger partial charge in [0, 0.05) is 37.6 Å². The van der Waals surface area contributed by atoms with Crippen LogP contribution in [0.2, 0.25) is 10.0 Å². The molecule has 3 aromatic rings. The van der Waals surface area contributed by atoms with Crippen molar-refractivity contribution in [2.45, 2.75) is 31.2 Å². The lowest BCUT2D eigenvalue weighted by Crippen LogP contribution is -2.47. The van der Waals surface area contributed by atoms with Crippen LogP contribution in [0.1, 0.15) is 36.3 Å². The largest absolute Gasteiger partial charge is 0.481 e. The Labute approximate surface area is 216 Å². The first-order valence-corrected chi connectivity index (χ1v) is 12.7. The lowest BCUT2D eigenvalue weighted by Gasteiger charge is -2.32. The summed E-state index contributed by atoms with van der Waals surface area (Å²) in [6.07, 6.45) is 7.08. The Kier molecular flexibility index (Phi) is 8.05. The van der Waals surface area contributed by atoms with Crippen LogP contribution >= 0.6 is 34.5 Å². The molecular weight excluding hydrogens is 509 g/mol. The van der Waals surface area contributed by atoms with Gasteiger partial charge in [-0.2, -0.15) is 0 Å². The monoisotopic (exact) mass is 531 g/mol. The molecule has 2 amide bonds. The summed E-state index contributed by atoms with van der Waals surface area (Å²) >= 11 is 14.3. The molecule has 1 fully saturated rings. The molecule has 1 aliphatic heterocycles. The van der Waals surface area contributed by atoms with Crippen LogP contribution in [0.3, 0.4) is 0 Å². The molecule has 3 heterocycles. The maximum absolute atomic E-state index is 12.8. The summed E-state index contributed by atoms with van der Waals surface area (Å²) in [7, 11) is 0. The van der Waals surface area contributed by atoms with Crippen molar-refractivity contribution in [3.05, 3.63) is 69.3 Å². The summed E-state index contributed by atoms with van der Waals surface area (Å²) in [6, 6.07) is 7.09. The van der Waals surface area contributed by atoms with E-state index in [1.54, 1.807) is 29.3 Å². The molecule has 10 heteroatoms. The van der Waals surface area contributed by atoms with Crippen molar-refractivity contribution in [3.63, 3.8) is 0 Å². The minimum absolute atomic E-state index is 0.141. The van der Waals surface area contributed by atoms with Gasteiger partial charge in [0.15, 0.2) is 0 Å². The standard InChI is InChI=1S/C25H23Cl2N3O4S/c26-22-15(12-16-7-11-35-24(16)23(22)27)3-4-20(31)30-9-5-18(6-10-30)29-25(34)19(13-21(32)33)17-2-1-8-28-14-17/h1-4,7-8,11-12,14,18-19H,5-6,9-10,13H2,(H,29,34)(H,32,33)/b4-3+. The van der Waals surface area contributed by atoms with Gasteiger partial charge in [-0.1, -0.05) is 29.3 Å². The Morgan fingerprint density at radius 3 is 2.69 bits per heavy atom. The molecular formula is C25H23Cl2N3O4S. The topological polar surface area (TPSA) is 99.6 Å². The molecule has 1 atom stereocenters. The van der Waals surface area contributed by atoms with Crippen LogP contribution in [0.15, 0.2) is 48.1 Å². The summed E-state index contributed by atoms with van der Waals surface area (Å²) in [5.41, 5.74) is 1.24. The molecule has 0 bridgehead atoms. The van der Waals surface area contributed by atoms with E-state index in [1.165, 1.54) is 23.6 Å². The molecule has 1 unspecified atom stereocenters. The van der Waals surface area contributed by atoms with Gasteiger partial charge in [0.25, 0.3) is 0 Å². The second kappa shape index (κ2) is 11.2. The number of carbonyl (C=O) groups excluding carboxylic acids is 2. The molecule has 2 N–H and O–H groups in total. The zero-order valence-electron chi connectivity index (χ0n) is 18.6. The van der Waals surface area contributed by atoms with Crippen molar-refractivity contribution in [1.82, 2.24) is 15.2 Å². The predicted octanol–water partition coefficient (Wildman–Crippen LogP) is 4.98. The van der Waals surface area contributed by atoms with Crippen LogP contribution in [-0.2, 0) is 14.4 Å². The third kappa shape index (κ3) is 6.01. The van der Waals surface area contributed by atoms with Gasteiger partial charge in [-0.15, -0.1) is 11.3 Å². The van der Waals surface area contributed by atoms with Crippen molar-refractivity contribution in [1.29, 1.82) is 0 Å². The average molecular weight is 532 g/mol. The second-order valence-electron chi connectivity index (χ2n) is 8.31. The van der Waals surface area contributed by atoms with E-state index < -0.39 is 11.9 Å². The SMILES string of the molecule is O=C(O)CC(C(=O)NC1CCN(C(=O)/C=C/c2cc3ccsc3c(Cl)c2Cl)CC1)c1cccnc1. The molecule has 0 saturated carbocycles. The average Bonchev–Trinajstić information content (AvgIpc) is 3.33. The normalized spacial score (nSPS) is 15.4. The smallest absolute Gasteiger partial charge is 0.304 e. The number of carboxylic acids is 1. The number of nitrogens with one attached hydrogen (secondary N) is 1. The van der Waals surface area contributed by atoms with E-state index in [0.29, 0.717) is 47.1 Å². The maximum atomic E-state index is 12.8. The Hall–Kier alpha value is -2.94. The second-order valence-corrected chi connectivity index (χ2v) is 9.98. The van der Waals surface area contributed by atoms with Gasteiger partial charge >= 0.3 is 5.97 Å². The number of carboxylic acid groups (broad SMARTS) is 1. The Morgan fingerprint density at radius 2 is 2.00 bits per heavy atom. The maximum Gasteiger partial charge on any atom is 0.304 e. The number of likely N-dealkylation sites (tertiary alicyclic amines) is 1. The molecule has 1 aliphatic rings. The van der Waals surface area contributed by atoms with E-state index in [-0.39, 0.29) is 24.3 Å². The minimum atomic E-state index is -1.05. The van der Waals surface area contributed by atoms with Gasteiger partial charge in [-0.25, -0.2) is 0 Å². The highest BCUT2D eigenvalue weighted by Crippen LogP contribution is 2.37. The Balaban J connectivity index is 1.34. The number of benzene rings is 1. The number of piperidine rings is 1. The highest BCUT2D eigenvalue weighted by molar-refractivity contribution is 7.18. The van der Waals surface area contributed by atoms with Gasteiger partial charge < -0.3 is 15.3 Å². The van der Waals surface area contributed by atoms with Crippen LogP contribution < -0.4 is 5.32 Å². The number of carbonyl (C=O) groups is 3. The van der Waals surface area contributed by atoms with Gasteiger partial charge in [-0.3, -0.25) is 19.4 Å². The van der Waals surface area contributed by atoms with Gasteiger partial charge in [0.1, 0.15) is 0 Å². The zero-order chi connectivity index (χ0) is 24.9. The quantitative estimate of drug-likeness (QED) is 0.418. The first-order chi connectivity index (χ1) is 16.8. The van der Waals surface area contributed by atoms with E-state index in [0.717, 1.165) is 10.1 Å². The number of aromatic nitrogens is 1. The summed E-state index contributed by atoms with van der Waals surface area (Å²) in [4.78, 5) is 42.6. The summed E-state index contributed by atoms with van der Waals surface area (Å²) in [5, 5.41) is 16.0. The molecule has 182 valence electrons. The van der Waals surface area contributed by atoms with Crippen LogP contribution in [0.25, 0.3) is 16.2 Å². The fourth-order valence-corrected chi connectivity index (χ4v) is 5.56. The van der Waals surface area contributed by atoms with E-state index in [9.17, 15) is 19.5 Å².